The Kier molecular flexibility index (Phi) is 5.36. The molecular formula is C17H26N2O3S. The monoisotopic (exact) mass is 338 g/mol. The van der Waals surface area contributed by atoms with E-state index >= 15 is 0 Å². The summed E-state index contributed by atoms with van der Waals surface area (Å²) < 4.78 is 28.5. The quantitative estimate of drug-likeness (QED) is 0.775. The number of ether oxygens (including phenoxy) is 1. The average Bonchev–Trinajstić information content (AvgIpc) is 2.91. The molecule has 0 bridgehead atoms. The van der Waals surface area contributed by atoms with Crippen LogP contribution in [0.1, 0.15) is 12.0 Å². The van der Waals surface area contributed by atoms with Crippen molar-refractivity contribution >= 4 is 9.84 Å². The van der Waals surface area contributed by atoms with Crippen LogP contribution in [-0.4, -0.2) is 75.2 Å². The van der Waals surface area contributed by atoms with Gasteiger partial charge in [-0.3, -0.25) is 9.80 Å². The first kappa shape index (κ1) is 16.9. The highest BCUT2D eigenvalue weighted by atomic mass is 32.2. The number of sulfone groups is 1. The van der Waals surface area contributed by atoms with Gasteiger partial charge in [0, 0.05) is 32.4 Å². The van der Waals surface area contributed by atoms with Crippen molar-refractivity contribution in [2.75, 3.05) is 44.8 Å². The molecule has 2 aliphatic rings. The van der Waals surface area contributed by atoms with Gasteiger partial charge in [-0.15, -0.1) is 0 Å². The first-order chi connectivity index (χ1) is 11.0. The molecule has 0 saturated carbocycles. The minimum Gasteiger partial charge on any atom is -0.374 e. The molecule has 0 unspecified atom stereocenters. The maximum Gasteiger partial charge on any atom is 0.147 e. The van der Waals surface area contributed by atoms with Gasteiger partial charge in [0.2, 0.25) is 0 Å². The van der Waals surface area contributed by atoms with E-state index in [-0.39, 0.29) is 11.9 Å². The third-order valence-corrected chi connectivity index (χ3v) is 5.74. The van der Waals surface area contributed by atoms with Crippen LogP contribution in [0, 0.1) is 0 Å². The third kappa shape index (κ3) is 4.76. The lowest BCUT2D eigenvalue weighted by atomic mass is 10.1. The smallest absolute Gasteiger partial charge is 0.147 e. The molecule has 0 amide bonds. The summed E-state index contributed by atoms with van der Waals surface area (Å²) in [7, 11) is -2.86. The Bertz CT molecular complexity index is 606. The van der Waals surface area contributed by atoms with Gasteiger partial charge in [0.05, 0.1) is 24.5 Å². The van der Waals surface area contributed by atoms with Gasteiger partial charge >= 0.3 is 0 Å². The molecule has 1 aromatic rings. The lowest BCUT2D eigenvalue weighted by Crippen LogP contribution is -2.50. The fraction of sp³-hybridized carbons (Fsp3) is 0.647. The minimum absolute atomic E-state index is 0.255. The first-order valence-electron chi connectivity index (χ1n) is 8.31. The van der Waals surface area contributed by atoms with E-state index < -0.39 is 9.84 Å². The number of hydrogen-bond donors (Lipinski definition) is 0. The second-order valence-corrected chi connectivity index (χ2v) is 8.94. The molecule has 0 spiro atoms. The summed E-state index contributed by atoms with van der Waals surface area (Å²) in [6.45, 7) is 5.44. The number of rotatable bonds is 6. The molecule has 2 fully saturated rings. The zero-order valence-corrected chi connectivity index (χ0v) is 14.5. The molecule has 6 heteroatoms. The van der Waals surface area contributed by atoms with Crippen LogP contribution in [0.2, 0.25) is 0 Å². The molecule has 2 aliphatic heterocycles. The summed E-state index contributed by atoms with van der Waals surface area (Å²) in [6.07, 6.45) is 2.27. The minimum atomic E-state index is -2.86. The first-order valence-corrected chi connectivity index (χ1v) is 10.4. The molecular weight excluding hydrogens is 312 g/mol. The van der Waals surface area contributed by atoms with Crippen LogP contribution in [0.3, 0.4) is 0 Å². The van der Waals surface area contributed by atoms with Crippen LogP contribution >= 0.6 is 0 Å². The normalized spacial score (nSPS) is 26.3. The molecule has 0 radical (unpaired) electrons. The van der Waals surface area contributed by atoms with E-state index in [2.05, 4.69) is 34.1 Å². The van der Waals surface area contributed by atoms with Crippen LogP contribution in [0.15, 0.2) is 30.3 Å². The topological polar surface area (TPSA) is 49.9 Å². The van der Waals surface area contributed by atoms with Crippen molar-refractivity contribution in [2.24, 2.45) is 0 Å². The maximum absolute atomic E-state index is 11.3. The van der Waals surface area contributed by atoms with Crippen molar-refractivity contribution in [3.8, 4) is 0 Å². The van der Waals surface area contributed by atoms with E-state index in [0.717, 1.165) is 39.3 Å². The Hall–Kier alpha value is -0.950. The van der Waals surface area contributed by atoms with Crippen LogP contribution in [0.25, 0.3) is 0 Å². The molecule has 1 aromatic carbocycles. The number of nitrogens with zero attached hydrogens (tertiary/aromatic N) is 2. The largest absolute Gasteiger partial charge is 0.374 e. The SMILES string of the molecule is CS(=O)(=O)CCCN1C[C@H]2OCCN(Cc3ccccc3)[C@H]2C1. The number of fused-ring (bicyclic) bond motifs is 1. The fourth-order valence-corrected chi connectivity index (χ4v) is 4.23. The molecule has 0 aromatic heterocycles. The number of morpholine rings is 1. The molecule has 2 heterocycles. The van der Waals surface area contributed by atoms with E-state index in [0.29, 0.717) is 12.5 Å². The fourth-order valence-electron chi connectivity index (χ4n) is 3.58. The molecule has 2 atom stereocenters. The number of benzene rings is 1. The highest BCUT2D eigenvalue weighted by molar-refractivity contribution is 7.90. The molecule has 0 N–H and O–H groups in total. The van der Waals surface area contributed by atoms with E-state index in [1.54, 1.807) is 0 Å². The summed E-state index contributed by atoms with van der Waals surface area (Å²) in [5.41, 5.74) is 1.34. The Balaban J connectivity index is 1.55. The molecule has 2 saturated heterocycles. The highest BCUT2D eigenvalue weighted by Gasteiger charge is 2.39. The molecule has 128 valence electrons. The Morgan fingerprint density at radius 2 is 2.00 bits per heavy atom. The van der Waals surface area contributed by atoms with Crippen LogP contribution < -0.4 is 0 Å². The zero-order valence-electron chi connectivity index (χ0n) is 13.7. The summed E-state index contributed by atoms with van der Waals surface area (Å²) in [5.74, 6) is 0.271. The molecule has 5 nitrogen and oxygen atoms in total. The van der Waals surface area contributed by atoms with E-state index in [1.807, 2.05) is 6.07 Å². The van der Waals surface area contributed by atoms with Crippen molar-refractivity contribution in [3.63, 3.8) is 0 Å². The summed E-state index contributed by atoms with van der Waals surface area (Å²) in [6, 6.07) is 11.0. The molecule has 3 rings (SSSR count). The van der Waals surface area contributed by atoms with E-state index in [4.69, 9.17) is 4.74 Å². The highest BCUT2D eigenvalue weighted by Crippen LogP contribution is 2.24. The Labute approximate surface area is 139 Å². The van der Waals surface area contributed by atoms with E-state index in [1.165, 1.54) is 11.8 Å². The summed E-state index contributed by atoms with van der Waals surface area (Å²) in [5, 5.41) is 0. The maximum atomic E-state index is 11.3. The van der Waals surface area contributed by atoms with E-state index in [9.17, 15) is 8.42 Å². The van der Waals surface area contributed by atoms with Crippen molar-refractivity contribution in [1.29, 1.82) is 0 Å². The second-order valence-electron chi connectivity index (χ2n) is 6.68. The summed E-state index contributed by atoms with van der Waals surface area (Å²) in [4.78, 5) is 4.86. The van der Waals surface area contributed by atoms with Crippen molar-refractivity contribution in [3.05, 3.63) is 35.9 Å². The average molecular weight is 338 g/mol. The molecule has 23 heavy (non-hydrogen) atoms. The zero-order chi connectivity index (χ0) is 16.3. The van der Waals surface area contributed by atoms with Gasteiger partial charge in [0.25, 0.3) is 0 Å². The Morgan fingerprint density at radius 1 is 1.22 bits per heavy atom. The predicted molar refractivity (Wildman–Crippen MR) is 91.1 cm³/mol. The van der Waals surface area contributed by atoms with Gasteiger partial charge in [0.15, 0.2) is 0 Å². The number of hydrogen-bond acceptors (Lipinski definition) is 5. The lowest BCUT2D eigenvalue weighted by Gasteiger charge is -2.37. The van der Waals surface area contributed by atoms with Gasteiger partial charge in [-0.05, 0) is 18.5 Å². The van der Waals surface area contributed by atoms with Crippen molar-refractivity contribution < 1.29 is 13.2 Å². The third-order valence-electron chi connectivity index (χ3n) is 4.71. The predicted octanol–water partition coefficient (Wildman–Crippen LogP) is 1.01. The van der Waals surface area contributed by atoms with Gasteiger partial charge in [-0.25, -0.2) is 8.42 Å². The van der Waals surface area contributed by atoms with Gasteiger partial charge in [0.1, 0.15) is 9.84 Å². The lowest BCUT2D eigenvalue weighted by molar-refractivity contribution is -0.0504. The summed E-state index contributed by atoms with van der Waals surface area (Å²) >= 11 is 0. The molecule has 0 aliphatic carbocycles. The van der Waals surface area contributed by atoms with Crippen molar-refractivity contribution in [1.82, 2.24) is 9.80 Å². The van der Waals surface area contributed by atoms with Gasteiger partial charge in [-0.2, -0.15) is 0 Å². The van der Waals surface area contributed by atoms with Crippen LogP contribution in [0.5, 0.6) is 0 Å². The van der Waals surface area contributed by atoms with Crippen LogP contribution in [-0.2, 0) is 21.1 Å². The van der Waals surface area contributed by atoms with Gasteiger partial charge in [-0.1, -0.05) is 30.3 Å². The second kappa shape index (κ2) is 7.30. The Morgan fingerprint density at radius 3 is 2.74 bits per heavy atom. The standard InChI is InChI=1S/C17H26N2O3S/c1-23(20,21)11-5-8-18-13-16-17(14-18)22-10-9-19(16)12-15-6-3-2-4-7-15/h2-4,6-7,16-17H,5,8-14H2,1H3/t16-,17+/m0/s1. The van der Waals surface area contributed by atoms with Crippen molar-refractivity contribution in [2.45, 2.75) is 25.1 Å². The van der Waals surface area contributed by atoms with Crippen LogP contribution in [0.4, 0.5) is 0 Å². The number of likely N-dealkylation sites (tertiary alicyclic amines) is 1. The van der Waals surface area contributed by atoms with Gasteiger partial charge < -0.3 is 4.74 Å².